The lowest BCUT2D eigenvalue weighted by Crippen LogP contribution is -2.19. The number of fused-ring (bicyclic) bond motifs is 1. The summed E-state index contributed by atoms with van der Waals surface area (Å²) < 4.78 is 21.6. The van der Waals surface area contributed by atoms with E-state index < -0.39 is 5.82 Å². The molecular formula is C21H12FN3O2S3. The van der Waals surface area contributed by atoms with Gasteiger partial charge in [0.2, 0.25) is 0 Å². The van der Waals surface area contributed by atoms with E-state index in [2.05, 4.69) is 15.3 Å². The van der Waals surface area contributed by atoms with E-state index in [0.29, 0.717) is 20.9 Å². The van der Waals surface area contributed by atoms with Crippen molar-refractivity contribution in [3.63, 3.8) is 0 Å². The molecule has 3 heterocycles. The van der Waals surface area contributed by atoms with E-state index in [1.807, 2.05) is 30.3 Å². The fourth-order valence-electron chi connectivity index (χ4n) is 2.71. The molecule has 1 aliphatic heterocycles. The number of halogens is 1. The Balaban J connectivity index is 1.32. The van der Waals surface area contributed by atoms with Crippen LogP contribution in [0.3, 0.4) is 0 Å². The van der Waals surface area contributed by atoms with Gasteiger partial charge in [-0.25, -0.2) is 14.4 Å². The number of furan rings is 1. The standard InChI is InChI=1S/C21H12FN3O2S3/c22-13-5-1-2-6-14(13)23-20-25-19(26)17(28-20)11-12-9-10-18(27-12)30-21-24-15-7-3-4-8-16(15)29-21/h1-11H,(H,23,25,26)/b17-11-. The molecule has 0 spiro atoms. The Morgan fingerprint density at radius 1 is 1.10 bits per heavy atom. The van der Waals surface area contributed by atoms with E-state index in [0.717, 1.165) is 26.3 Å². The number of benzene rings is 2. The minimum absolute atomic E-state index is 0.175. The summed E-state index contributed by atoms with van der Waals surface area (Å²) in [7, 11) is 0. The van der Waals surface area contributed by atoms with Crippen LogP contribution in [0.5, 0.6) is 0 Å². The van der Waals surface area contributed by atoms with Gasteiger partial charge in [-0.1, -0.05) is 24.3 Å². The first-order valence-corrected chi connectivity index (χ1v) is 11.3. The Bertz CT molecular complexity index is 1290. The maximum atomic E-state index is 13.8. The van der Waals surface area contributed by atoms with Crippen LogP contribution in [0.15, 0.2) is 84.4 Å². The second kappa shape index (κ2) is 8.10. The highest BCUT2D eigenvalue weighted by Crippen LogP contribution is 2.36. The molecule has 5 rings (SSSR count). The van der Waals surface area contributed by atoms with E-state index in [-0.39, 0.29) is 11.6 Å². The Morgan fingerprint density at radius 3 is 2.80 bits per heavy atom. The molecule has 148 valence electrons. The van der Waals surface area contributed by atoms with E-state index in [1.54, 1.807) is 41.7 Å². The summed E-state index contributed by atoms with van der Waals surface area (Å²) in [6.45, 7) is 0. The van der Waals surface area contributed by atoms with Gasteiger partial charge in [-0.3, -0.25) is 4.79 Å². The molecule has 0 aliphatic carbocycles. The first-order chi connectivity index (χ1) is 14.6. The van der Waals surface area contributed by atoms with Crippen LogP contribution in [0.4, 0.5) is 10.1 Å². The fourth-order valence-corrected chi connectivity index (χ4v) is 5.49. The largest absolute Gasteiger partial charge is 0.450 e. The molecule has 0 saturated carbocycles. The molecular weight excluding hydrogens is 441 g/mol. The third-order valence-corrected chi connectivity index (χ3v) is 6.99. The van der Waals surface area contributed by atoms with Crippen LogP contribution in [0.25, 0.3) is 16.3 Å². The number of thiazole rings is 1. The summed E-state index contributed by atoms with van der Waals surface area (Å²) in [4.78, 5) is 21.4. The van der Waals surface area contributed by atoms with E-state index in [9.17, 15) is 9.18 Å². The summed E-state index contributed by atoms with van der Waals surface area (Å²) >= 11 is 4.17. The van der Waals surface area contributed by atoms with Gasteiger partial charge in [0.05, 0.1) is 15.1 Å². The van der Waals surface area contributed by atoms with Crippen molar-refractivity contribution in [3.05, 3.63) is 77.1 Å². The number of aromatic nitrogens is 1. The number of thioether (sulfide) groups is 1. The molecule has 4 aromatic rings. The number of carbonyl (C=O) groups excluding carboxylic acids is 1. The minimum atomic E-state index is -0.445. The van der Waals surface area contributed by atoms with Crippen LogP contribution in [0, 0.1) is 5.82 Å². The Labute approximate surface area is 183 Å². The fraction of sp³-hybridized carbons (Fsp3) is 0. The summed E-state index contributed by atoms with van der Waals surface area (Å²) in [6, 6.07) is 17.7. The van der Waals surface area contributed by atoms with Crippen LogP contribution in [0.1, 0.15) is 5.76 Å². The maximum absolute atomic E-state index is 13.8. The molecule has 1 fully saturated rings. The number of hydrogen-bond acceptors (Lipinski definition) is 7. The highest BCUT2D eigenvalue weighted by atomic mass is 32.2. The molecule has 0 atom stereocenters. The monoisotopic (exact) mass is 453 g/mol. The second-order valence-electron chi connectivity index (χ2n) is 6.14. The molecule has 2 aromatic carbocycles. The average molecular weight is 454 g/mol. The summed E-state index contributed by atoms with van der Waals surface area (Å²) in [6.07, 6.45) is 1.65. The number of hydrogen-bond donors (Lipinski definition) is 1. The summed E-state index contributed by atoms with van der Waals surface area (Å²) in [5.74, 6) is -0.199. The zero-order valence-electron chi connectivity index (χ0n) is 15.2. The van der Waals surface area contributed by atoms with Crippen LogP contribution in [-0.4, -0.2) is 16.1 Å². The van der Waals surface area contributed by atoms with Gasteiger partial charge in [-0.05, 0) is 59.9 Å². The van der Waals surface area contributed by atoms with E-state index >= 15 is 0 Å². The van der Waals surface area contributed by atoms with Crippen molar-refractivity contribution in [2.75, 3.05) is 0 Å². The number of nitrogens with one attached hydrogen (secondary N) is 1. The van der Waals surface area contributed by atoms with Crippen LogP contribution in [-0.2, 0) is 4.79 Å². The van der Waals surface area contributed by atoms with Crippen LogP contribution >= 0.6 is 34.9 Å². The number of rotatable bonds is 4. The first-order valence-electron chi connectivity index (χ1n) is 8.81. The van der Waals surface area contributed by atoms with E-state index in [4.69, 9.17) is 4.42 Å². The molecule has 1 N–H and O–H groups in total. The SMILES string of the molecule is O=C1NC(=Nc2ccccc2F)S/C1=C\c1ccc(Sc2nc3ccccc3s2)o1. The smallest absolute Gasteiger partial charge is 0.264 e. The number of amides is 1. The zero-order chi connectivity index (χ0) is 20.5. The lowest BCUT2D eigenvalue weighted by Gasteiger charge is -1.97. The molecule has 30 heavy (non-hydrogen) atoms. The van der Waals surface area contributed by atoms with Crippen molar-refractivity contribution < 1.29 is 13.6 Å². The van der Waals surface area contributed by atoms with Gasteiger partial charge in [0.15, 0.2) is 14.6 Å². The Kier molecular flexibility index (Phi) is 5.16. The van der Waals surface area contributed by atoms with Crippen molar-refractivity contribution in [2.45, 2.75) is 9.43 Å². The Hall–Kier alpha value is -2.88. The van der Waals surface area contributed by atoms with Crippen molar-refractivity contribution in [1.82, 2.24) is 10.3 Å². The first kappa shape index (κ1) is 19.1. The lowest BCUT2D eigenvalue weighted by molar-refractivity contribution is -0.115. The number of carbonyl (C=O) groups is 1. The van der Waals surface area contributed by atoms with Crippen molar-refractivity contribution in [3.8, 4) is 0 Å². The molecule has 9 heteroatoms. The van der Waals surface area contributed by atoms with Crippen LogP contribution < -0.4 is 5.32 Å². The van der Waals surface area contributed by atoms with Crippen molar-refractivity contribution in [2.24, 2.45) is 4.99 Å². The third kappa shape index (κ3) is 4.04. The van der Waals surface area contributed by atoms with E-state index in [1.165, 1.54) is 17.8 Å². The average Bonchev–Trinajstić information content (AvgIpc) is 3.43. The highest BCUT2D eigenvalue weighted by molar-refractivity contribution is 8.18. The normalized spacial score (nSPS) is 16.6. The van der Waals surface area contributed by atoms with Gasteiger partial charge in [0.1, 0.15) is 17.3 Å². The van der Waals surface area contributed by atoms with Gasteiger partial charge in [-0.2, -0.15) is 0 Å². The van der Waals surface area contributed by atoms with Gasteiger partial charge in [0, 0.05) is 6.08 Å². The third-order valence-electron chi connectivity index (χ3n) is 4.06. The number of aliphatic imine (C=N–C) groups is 1. The lowest BCUT2D eigenvalue weighted by atomic mass is 10.3. The van der Waals surface area contributed by atoms with Gasteiger partial charge in [0.25, 0.3) is 5.91 Å². The predicted octanol–water partition coefficient (Wildman–Crippen LogP) is 6.07. The molecule has 1 amide bonds. The van der Waals surface area contributed by atoms with Crippen molar-refractivity contribution >= 4 is 67.9 Å². The quantitative estimate of drug-likeness (QED) is 0.380. The Morgan fingerprint density at radius 2 is 1.93 bits per heavy atom. The summed E-state index contributed by atoms with van der Waals surface area (Å²) in [5.41, 5.74) is 1.13. The number of amidine groups is 1. The number of nitrogens with zero attached hydrogens (tertiary/aromatic N) is 2. The van der Waals surface area contributed by atoms with Crippen molar-refractivity contribution in [1.29, 1.82) is 0 Å². The summed E-state index contributed by atoms with van der Waals surface area (Å²) in [5, 5.41) is 3.66. The molecule has 0 unspecified atom stereocenters. The highest BCUT2D eigenvalue weighted by Gasteiger charge is 2.24. The van der Waals surface area contributed by atoms with Gasteiger partial charge < -0.3 is 9.73 Å². The van der Waals surface area contributed by atoms with Gasteiger partial charge >= 0.3 is 0 Å². The predicted molar refractivity (Wildman–Crippen MR) is 120 cm³/mol. The number of para-hydroxylation sites is 2. The molecule has 5 nitrogen and oxygen atoms in total. The van der Waals surface area contributed by atoms with Crippen LogP contribution in [0.2, 0.25) is 0 Å². The topological polar surface area (TPSA) is 67.5 Å². The maximum Gasteiger partial charge on any atom is 0.264 e. The molecule has 1 saturated heterocycles. The minimum Gasteiger partial charge on any atom is -0.450 e. The molecule has 0 bridgehead atoms. The zero-order valence-corrected chi connectivity index (χ0v) is 17.6. The second-order valence-corrected chi connectivity index (χ2v) is 9.45. The molecule has 1 aliphatic rings. The molecule has 2 aromatic heterocycles. The molecule has 0 radical (unpaired) electrons. The van der Waals surface area contributed by atoms with Gasteiger partial charge in [-0.15, -0.1) is 11.3 Å².